The fourth-order valence-electron chi connectivity index (χ4n) is 1.43. The summed E-state index contributed by atoms with van der Waals surface area (Å²) in [5, 5.41) is 17.5. The Kier molecular flexibility index (Phi) is 4.95. The van der Waals surface area contributed by atoms with E-state index in [1.807, 2.05) is 13.8 Å². The van der Waals surface area contributed by atoms with Crippen LogP contribution in [0.25, 0.3) is 6.08 Å². The van der Waals surface area contributed by atoms with Crippen LogP contribution in [0.2, 0.25) is 0 Å². The number of aliphatic carboxylic acids is 1. The Morgan fingerprint density at radius 2 is 2.11 bits per heavy atom. The van der Waals surface area contributed by atoms with Gasteiger partial charge in [0.2, 0.25) is 0 Å². The minimum atomic E-state index is -1.26. The third-order valence-electron chi connectivity index (χ3n) is 2.21. The molecule has 0 bridgehead atoms. The van der Waals surface area contributed by atoms with Gasteiger partial charge in [0.15, 0.2) is 11.5 Å². The molecule has 0 saturated carbocycles. The van der Waals surface area contributed by atoms with Crippen molar-refractivity contribution in [3.8, 4) is 17.6 Å². The number of nitriles is 1. The first-order valence-corrected chi connectivity index (χ1v) is 5.67. The van der Waals surface area contributed by atoms with Gasteiger partial charge in [-0.25, -0.2) is 4.79 Å². The van der Waals surface area contributed by atoms with Crippen molar-refractivity contribution in [1.82, 2.24) is 0 Å². The standard InChI is InChI=1S/C14H15NO4/c1-9(2)19-12-5-4-10(7-13(12)18-3)6-11(8-15)14(16)17/h4-7,9H,1-3H3,(H,16,17)/b11-6+. The number of carboxylic acid groups (broad SMARTS) is 1. The lowest BCUT2D eigenvalue weighted by Crippen LogP contribution is -2.06. The summed E-state index contributed by atoms with van der Waals surface area (Å²) in [6, 6.07) is 6.60. The van der Waals surface area contributed by atoms with Crippen LogP contribution in [0.3, 0.4) is 0 Å². The predicted octanol–water partition coefficient (Wildman–Crippen LogP) is 2.47. The Labute approximate surface area is 111 Å². The molecule has 1 aromatic carbocycles. The van der Waals surface area contributed by atoms with Gasteiger partial charge in [-0.1, -0.05) is 6.07 Å². The molecule has 1 aromatic rings. The Morgan fingerprint density at radius 1 is 1.42 bits per heavy atom. The third kappa shape index (κ3) is 4.03. The minimum absolute atomic E-state index is 0.00369. The number of carboxylic acids is 1. The van der Waals surface area contributed by atoms with Gasteiger partial charge >= 0.3 is 5.97 Å². The van der Waals surface area contributed by atoms with E-state index < -0.39 is 5.97 Å². The van der Waals surface area contributed by atoms with Crippen LogP contribution in [-0.2, 0) is 4.79 Å². The maximum atomic E-state index is 10.8. The molecule has 5 heteroatoms. The molecule has 5 nitrogen and oxygen atoms in total. The Balaban J connectivity index is 3.14. The van der Waals surface area contributed by atoms with Crippen LogP contribution in [0, 0.1) is 11.3 Å². The van der Waals surface area contributed by atoms with Crippen LogP contribution < -0.4 is 9.47 Å². The molecular weight excluding hydrogens is 246 g/mol. The first-order valence-electron chi connectivity index (χ1n) is 5.67. The van der Waals surface area contributed by atoms with Gasteiger partial charge in [-0.3, -0.25) is 0 Å². The lowest BCUT2D eigenvalue weighted by molar-refractivity contribution is -0.132. The second kappa shape index (κ2) is 6.45. The molecule has 0 unspecified atom stereocenters. The largest absolute Gasteiger partial charge is 0.493 e. The van der Waals surface area contributed by atoms with Crippen molar-refractivity contribution in [1.29, 1.82) is 5.26 Å². The number of rotatable bonds is 5. The van der Waals surface area contributed by atoms with Crippen molar-refractivity contribution >= 4 is 12.0 Å². The molecular formula is C14H15NO4. The smallest absolute Gasteiger partial charge is 0.346 e. The molecule has 0 spiro atoms. The van der Waals surface area contributed by atoms with Gasteiger partial charge in [0.1, 0.15) is 11.6 Å². The number of hydrogen-bond donors (Lipinski definition) is 1. The second-order valence-electron chi connectivity index (χ2n) is 4.05. The number of methoxy groups -OCH3 is 1. The summed E-state index contributed by atoms with van der Waals surface area (Å²) >= 11 is 0. The van der Waals surface area contributed by atoms with E-state index in [0.717, 1.165) is 0 Å². The lowest BCUT2D eigenvalue weighted by Gasteiger charge is -2.13. The highest BCUT2D eigenvalue weighted by molar-refractivity contribution is 5.96. The minimum Gasteiger partial charge on any atom is -0.493 e. The van der Waals surface area contributed by atoms with Gasteiger partial charge in [0.25, 0.3) is 0 Å². The van der Waals surface area contributed by atoms with Crippen LogP contribution in [0.4, 0.5) is 0 Å². The van der Waals surface area contributed by atoms with Crippen molar-refractivity contribution in [2.75, 3.05) is 7.11 Å². The van der Waals surface area contributed by atoms with Crippen molar-refractivity contribution in [3.05, 3.63) is 29.3 Å². The summed E-state index contributed by atoms with van der Waals surface area (Å²) in [4.78, 5) is 10.8. The average Bonchev–Trinajstić information content (AvgIpc) is 2.36. The van der Waals surface area contributed by atoms with Crippen LogP contribution >= 0.6 is 0 Å². The summed E-state index contributed by atoms with van der Waals surface area (Å²) in [5.41, 5.74) is 0.228. The predicted molar refractivity (Wildman–Crippen MR) is 70.0 cm³/mol. The van der Waals surface area contributed by atoms with Gasteiger partial charge in [-0.15, -0.1) is 0 Å². The molecule has 0 aliphatic heterocycles. The van der Waals surface area contributed by atoms with Gasteiger partial charge in [-0.2, -0.15) is 5.26 Å². The molecule has 19 heavy (non-hydrogen) atoms. The van der Waals surface area contributed by atoms with E-state index in [9.17, 15) is 4.79 Å². The maximum absolute atomic E-state index is 10.8. The molecule has 0 aromatic heterocycles. The second-order valence-corrected chi connectivity index (χ2v) is 4.05. The van der Waals surface area contributed by atoms with Crippen LogP contribution in [0.15, 0.2) is 23.8 Å². The quantitative estimate of drug-likeness (QED) is 0.650. The molecule has 0 saturated heterocycles. The molecule has 0 aliphatic rings. The number of carbonyl (C=O) groups is 1. The van der Waals surface area contributed by atoms with Crippen LogP contribution in [-0.4, -0.2) is 24.3 Å². The Morgan fingerprint density at radius 3 is 2.58 bits per heavy atom. The highest BCUT2D eigenvalue weighted by Crippen LogP contribution is 2.29. The molecule has 0 amide bonds. The first kappa shape index (κ1) is 14.6. The molecule has 0 heterocycles. The topological polar surface area (TPSA) is 79.5 Å². The first-order chi connectivity index (χ1) is 8.97. The molecule has 0 radical (unpaired) electrons. The highest BCUT2D eigenvalue weighted by atomic mass is 16.5. The highest BCUT2D eigenvalue weighted by Gasteiger charge is 2.09. The SMILES string of the molecule is COc1cc(/C=C(\C#N)C(=O)O)ccc1OC(C)C. The van der Waals surface area contributed by atoms with E-state index >= 15 is 0 Å². The zero-order valence-electron chi connectivity index (χ0n) is 11.0. The number of benzene rings is 1. The monoisotopic (exact) mass is 261 g/mol. The number of hydrogen-bond acceptors (Lipinski definition) is 4. The van der Waals surface area contributed by atoms with Crippen molar-refractivity contribution in [2.24, 2.45) is 0 Å². The lowest BCUT2D eigenvalue weighted by atomic mass is 10.1. The Hall–Kier alpha value is -2.48. The van der Waals surface area contributed by atoms with Gasteiger partial charge in [0, 0.05) is 0 Å². The third-order valence-corrected chi connectivity index (χ3v) is 2.21. The number of nitrogens with zero attached hydrogens (tertiary/aromatic N) is 1. The zero-order valence-corrected chi connectivity index (χ0v) is 11.0. The summed E-state index contributed by atoms with van der Waals surface area (Å²) in [6.45, 7) is 3.79. The van der Waals surface area contributed by atoms with Gasteiger partial charge in [0.05, 0.1) is 13.2 Å². The van der Waals surface area contributed by atoms with Crippen molar-refractivity contribution in [2.45, 2.75) is 20.0 Å². The average molecular weight is 261 g/mol. The molecule has 0 aliphatic carbocycles. The Bertz CT molecular complexity index is 541. The molecule has 1 N–H and O–H groups in total. The summed E-state index contributed by atoms with van der Waals surface area (Å²) < 4.78 is 10.7. The fraction of sp³-hybridized carbons (Fsp3) is 0.286. The molecule has 0 atom stereocenters. The van der Waals surface area contributed by atoms with Crippen LogP contribution in [0.1, 0.15) is 19.4 Å². The summed E-state index contributed by atoms with van der Waals surface area (Å²) in [5.74, 6) is -0.197. The van der Waals surface area contributed by atoms with Crippen molar-refractivity contribution in [3.63, 3.8) is 0 Å². The van der Waals surface area contributed by atoms with E-state index in [1.54, 1.807) is 24.3 Å². The summed E-state index contributed by atoms with van der Waals surface area (Å²) in [7, 11) is 1.50. The van der Waals surface area contributed by atoms with E-state index in [4.69, 9.17) is 19.8 Å². The van der Waals surface area contributed by atoms with Crippen LogP contribution in [0.5, 0.6) is 11.5 Å². The molecule has 0 fully saturated rings. The maximum Gasteiger partial charge on any atom is 0.346 e. The van der Waals surface area contributed by atoms with E-state index in [-0.39, 0.29) is 11.7 Å². The van der Waals surface area contributed by atoms with E-state index in [1.165, 1.54) is 13.2 Å². The summed E-state index contributed by atoms with van der Waals surface area (Å²) in [6.07, 6.45) is 1.29. The number of ether oxygens (including phenoxy) is 2. The fourth-order valence-corrected chi connectivity index (χ4v) is 1.43. The van der Waals surface area contributed by atoms with E-state index in [0.29, 0.717) is 17.1 Å². The van der Waals surface area contributed by atoms with Crippen molar-refractivity contribution < 1.29 is 19.4 Å². The molecule has 1 rings (SSSR count). The van der Waals surface area contributed by atoms with E-state index in [2.05, 4.69) is 0 Å². The normalized spacial score (nSPS) is 11.0. The van der Waals surface area contributed by atoms with Gasteiger partial charge < -0.3 is 14.6 Å². The molecule has 100 valence electrons. The zero-order chi connectivity index (χ0) is 14.4. The van der Waals surface area contributed by atoms with Gasteiger partial charge in [-0.05, 0) is 37.6 Å².